The smallest absolute Gasteiger partial charge is 0.249 e. The van der Waals surface area contributed by atoms with Crippen molar-refractivity contribution in [2.75, 3.05) is 39.3 Å². The molecule has 1 aromatic rings. The molecule has 0 bridgehead atoms. The van der Waals surface area contributed by atoms with Crippen LogP contribution in [0.2, 0.25) is 0 Å². The predicted molar refractivity (Wildman–Crippen MR) is 68.6 cm³/mol. The molecule has 1 heterocycles. The van der Waals surface area contributed by atoms with E-state index in [-0.39, 0.29) is 19.7 Å². The van der Waals surface area contributed by atoms with E-state index in [9.17, 15) is 17.2 Å². The normalized spacial score (nSPS) is 18.4. The predicted octanol–water partition coefficient (Wildman–Crippen LogP) is 0.263. The number of piperazine rings is 1. The summed E-state index contributed by atoms with van der Waals surface area (Å²) in [6.07, 6.45) is 0. The van der Waals surface area contributed by atoms with Gasteiger partial charge in [0.2, 0.25) is 10.0 Å². The van der Waals surface area contributed by atoms with Crippen LogP contribution in [-0.2, 0) is 10.0 Å². The van der Waals surface area contributed by atoms with Crippen LogP contribution in [-0.4, -0.2) is 62.1 Å². The first-order valence-corrected chi connectivity index (χ1v) is 7.68. The van der Waals surface area contributed by atoms with E-state index >= 15 is 0 Å². The third-order valence-electron chi connectivity index (χ3n) is 3.26. The summed E-state index contributed by atoms with van der Waals surface area (Å²) in [5.74, 6) is -2.16. The van der Waals surface area contributed by atoms with Crippen molar-refractivity contribution < 1.29 is 22.3 Å². The van der Waals surface area contributed by atoms with Gasteiger partial charge in [0.05, 0.1) is 6.61 Å². The van der Waals surface area contributed by atoms with Gasteiger partial charge >= 0.3 is 0 Å². The lowest BCUT2D eigenvalue weighted by atomic mass is 10.3. The zero-order chi connectivity index (χ0) is 14.8. The summed E-state index contributed by atoms with van der Waals surface area (Å²) in [6.45, 7) is 1.61. The molecule has 0 atom stereocenters. The van der Waals surface area contributed by atoms with Gasteiger partial charge in [0, 0.05) is 32.7 Å². The molecular formula is C12H16F2N2O3S. The SMILES string of the molecule is O=S(=O)(c1c(F)cccc1F)N1CCN(CCO)CC1. The summed E-state index contributed by atoms with van der Waals surface area (Å²) in [4.78, 5) is 1.000. The lowest BCUT2D eigenvalue weighted by Crippen LogP contribution is -2.49. The number of nitrogens with zero attached hydrogens (tertiary/aromatic N) is 2. The number of hydrogen-bond acceptors (Lipinski definition) is 4. The number of hydrogen-bond donors (Lipinski definition) is 1. The third kappa shape index (κ3) is 2.98. The van der Waals surface area contributed by atoms with Crippen molar-refractivity contribution in [3.05, 3.63) is 29.8 Å². The number of benzene rings is 1. The maximum atomic E-state index is 13.6. The fraction of sp³-hybridized carbons (Fsp3) is 0.500. The number of sulfonamides is 1. The van der Waals surface area contributed by atoms with Gasteiger partial charge in [-0.3, -0.25) is 4.90 Å². The van der Waals surface area contributed by atoms with Crippen LogP contribution in [0.1, 0.15) is 0 Å². The zero-order valence-corrected chi connectivity index (χ0v) is 11.6. The van der Waals surface area contributed by atoms with Crippen LogP contribution >= 0.6 is 0 Å². The maximum absolute atomic E-state index is 13.6. The van der Waals surface area contributed by atoms with Gasteiger partial charge in [-0.25, -0.2) is 17.2 Å². The highest BCUT2D eigenvalue weighted by molar-refractivity contribution is 7.89. The summed E-state index contributed by atoms with van der Waals surface area (Å²) in [5.41, 5.74) is 0. The third-order valence-corrected chi connectivity index (χ3v) is 5.22. The minimum absolute atomic E-state index is 0.00527. The Kier molecular flexibility index (Phi) is 4.69. The molecule has 0 saturated carbocycles. The van der Waals surface area contributed by atoms with E-state index in [0.717, 1.165) is 22.5 Å². The van der Waals surface area contributed by atoms with E-state index in [0.29, 0.717) is 19.6 Å². The lowest BCUT2D eigenvalue weighted by Gasteiger charge is -2.33. The molecule has 1 fully saturated rings. The second-order valence-corrected chi connectivity index (χ2v) is 6.39. The Morgan fingerprint density at radius 3 is 2.15 bits per heavy atom. The minimum Gasteiger partial charge on any atom is -0.395 e. The van der Waals surface area contributed by atoms with Gasteiger partial charge in [-0.1, -0.05) is 6.07 Å². The van der Waals surface area contributed by atoms with Gasteiger partial charge in [0.1, 0.15) is 11.6 Å². The highest BCUT2D eigenvalue weighted by atomic mass is 32.2. The Hall–Kier alpha value is -1.09. The zero-order valence-electron chi connectivity index (χ0n) is 10.8. The molecule has 0 spiro atoms. The van der Waals surface area contributed by atoms with Gasteiger partial charge in [-0.2, -0.15) is 4.31 Å². The number of halogens is 2. The summed E-state index contributed by atoms with van der Waals surface area (Å²) in [6, 6.07) is 2.98. The number of β-amino-alcohol motifs (C(OH)–C–C–N with tert-alkyl or cyclic N) is 1. The molecule has 0 unspecified atom stereocenters. The van der Waals surface area contributed by atoms with Gasteiger partial charge in [-0.15, -0.1) is 0 Å². The largest absolute Gasteiger partial charge is 0.395 e. The van der Waals surface area contributed by atoms with Crippen molar-refractivity contribution in [3.63, 3.8) is 0 Å². The van der Waals surface area contributed by atoms with Gasteiger partial charge in [-0.05, 0) is 12.1 Å². The van der Waals surface area contributed by atoms with Crippen LogP contribution in [0.25, 0.3) is 0 Å². The quantitative estimate of drug-likeness (QED) is 0.867. The molecule has 2 rings (SSSR count). The molecule has 5 nitrogen and oxygen atoms in total. The highest BCUT2D eigenvalue weighted by Gasteiger charge is 2.32. The molecule has 0 radical (unpaired) electrons. The molecule has 1 aromatic carbocycles. The minimum atomic E-state index is -4.17. The molecule has 112 valence electrons. The number of aliphatic hydroxyl groups excluding tert-OH is 1. The van der Waals surface area contributed by atoms with Crippen molar-refractivity contribution in [1.29, 1.82) is 0 Å². The summed E-state index contributed by atoms with van der Waals surface area (Å²) in [5, 5.41) is 8.82. The van der Waals surface area contributed by atoms with Crippen molar-refractivity contribution in [2.24, 2.45) is 0 Å². The van der Waals surface area contributed by atoms with E-state index in [2.05, 4.69) is 0 Å². The number of rotatable bonds is 4. The molecule has 1 aliphatic rings. The molecule has 1 saturated heterocycles. The first-order valence-electron chi connectivity index (χ1n) is 6.24. The van der Waals surface area contributed by atoms with Crippen molar-refractivity contribution in [2.45, 2.75) is 4.90 Å². The lowest BCUT2D eigenvalue weighted by molar-refractivity contribution is 0.151. The van der Waals surface area contributed by atoms with Crippen molar-refractivity contribution in [3.8, 4) is 0 Å². The topological polar surface area (TPSA) is 60.9 Å². The highest BCUT2D eigenvalue weighted by Crippen LogP contribution is 2.23. The number of aliphatic hydroxyl groups is 1. The standard InChI is InChI=1S/C12H16F2N2O3S/c13-10-2-1-3-11(14)12(10)20(18,19)16-6-4-15(5-7-16)8-9-17/h1-3,17H,4-9H2. The van der Waals surface area contributed by atoms with Gasteiger partial charge in [0.25, 0.3) is 0 Å². The molecule has 0 amide bonds. The summed E-state index contributed by atoms with van der Waals surface area (Å²) < 4.78 is 52.8. The fourth-order valence-corrected chi connectivity index (χ4v) is 3.72. The van der Waals surface area contributed by atoms with Gasteiger partial charge in [0.15, 0.2) is 4.90 Å². The van der Waals surface area contributed by atoms with Crippen LogP contribution < -0.4 is 0 Å². The monoisotopic (exact) mass is 306 g/mol. The van der Waals surface area contributed by atoms with Crippen molar-refractivity contribution >= 4 is 10.0 Å². The first kappa shape index (κ1) is 15.3. The van der Waals surface area contributed by atoms with Crippen LogP contribution in [0.5, 0.6) is 0 Å². The maximum Gasteiger partial charge on any atom is 0.249 e. The summed E-state index contributed by atoms with van der Waals surface area (Å²) in [7, 11) is -4.17. The second kappa shape index (κ2) is 6.13. The molecule has 20 heavy (non-hydrogen) atoms. The van der Waals surface area contributed by atoms with E-state index in [4.69, 9.17) is 5.11 Å². The second-order valence-electron chi connectivity index (χ2n) is 4.52. The Balaban J connectivity index is 2.20. The molecule has 0 aromatic heterocycles. The van der Waals surface area contributed by atoms with E-state index in [1.54, 1.807) is 0 Å². The molecule has 1 aliphatic heterocycles. The van der Waals surface area contributed by atoms with Crippen molar-refractivity contribution in [1.82, 2.24) is 9.21 Å². The molecule has 8 heteroatoms. The van der Waals surface area contributed by atoms with E-state index in [1.807, 2.05) is 4.90 Å². The van der Waals surface area contributed by atoms with E-state index < -0.39 is 26.6 Å². The first-order chi connectivity index (χ1) is 9.46. The van der Waals surface area contributed by atoms with Crippen LogP contribution in [0.15, 0.2) is 23.1 Å². The van der Waals surface area contributed by atoms with Crippen LogP contribution in [0.3, 0.4) is 0 Å². The Bertz CT molecular complexity index is 552. The Morgan fingerprint density at radius 2 is 1.65 bits per heavy atom. The molecular weight excluding hydrogens is 290 g/mol. The van der Waals surface area contributed by atoms with Crippen LogP contribution in [0.4, 0.5) is 8.78 Å². The average molecular weight is 306 g/mol. The Labute approximate surface area is 116 Å². The average Bonchev–Trinajstić information content (AvgIpc) is 2.39. The molecule has 1 N–H and O–H groups in total. The Morgan fingerprint density at radius 1 is 1.10 bits per heavy atom. The molecule has 0 aliphatic carbocycles. The van der Waals surface area contributed by atoms with E-state index in [1.165, 1.54) is 0 Å². The fourth-order valence-electron chi connectivity index (χ4n) is 2.19. The van der Waals surface area contributed by atoms with Gasteiger partial charge < -0.3 is 5.11 Å². The summed E-state index contributed by atoms with van der Waals surface area (Å²) >= 11 is 0. The van der Waals surface area contributed by atoms with Crippen LogP contribution in [0, 0.1) is 11.6 Å².